The Hall–Kier alpha value is -3.30. The van der Waals surface area contributed by atoms with Crippen LogP contribution in [0.4, 0.5) is 5.69 Å². The highest BCUT2D eigenvalue weighted by molar-refractivity contribution is 6.39. The van der Waals surface area contributed by atoms with Crippen LogP contribution < -0.4 is 21.7 Å². The van der Waals surface area contributed by atoms with Gasteiger partial charge in [0.25, 0.3) is 11.8 Å². The molecule has 0 heterocycles. The third kappa shape index (κ3) is 6.87. The Morgan fingerprint density at radius 1 is 1.00 bits per heavy atom. The van der Waals surface area contributed by atoms with Gasteiger partial charge in [0.2, 0.25) is 5.91 Å². The Balaban J connectivity index is 1.94. The minimum atomic E-state index is -1.21. The van der Waals surface area contributed by atoms with Crippen molar-refractivity contribution < 1.29 is 23.9 Å². The lowest BCUT2D eigenvalue weighted by molar-refractivity contribution is -0.142. The molecule has 3 amide bonds. The number of nitrogen functional groups attached to an aromatic ring is 1. The van der Waals surface area contributed by atoms with Crippen molar-refractivity contribution in [1.29, 1.82) is 0 Å². The van der Waals surface area contributed by atoms with Crippen molar-refractivity contribution in [2.45, 2.75) is 6.04 Å². The fourth-order valence-corrected chi connectivity index (χ4v) is 3.07. The molecule has 0 saturated carbocycles. The van der Waals surface area contributed by atoms with Crippen molar-refractivity contribution in [3.8, 4) is 0 Å². The first-order valence-electron chi connectivity index (χ1n) is 8.96. The second-order valence-electron chi connectivity index (χ2n) is 6.26. The van der Waals surface area contributed by atoms with Gasteiger partial charge in [0, 0.05) is 17.8 Å². The van der Waals surface area contributed by atoms with Crippen molar-refractivity contribution in [3.63, 3.8) is 0 Å². The lowest BCUT2D eigenvalue weighted by Crippen LogP contribution is -2.50. The average Bonchev–Trinajstić information content (AvgIpc) is 2.74. The van der Waals surface area contributed by atoms with Crippen LogP contribution in [0, 0.1) is 0 Å². The van der Waals surface area contributed by atoms with E-state index in [2.05, 4.69) is 20.7 Å². The Morgan fingerprint density at radius 3 is 2.26 bits per heavy atom. The number of hydrogen-bond acceptors (Lipinski definition) is 6. The number of carbonyl (C=O) groups excluding carboxylic acids is 4. The van der Waals surface area contributed by atoms with E-state index < -0.39 is 29.7 Å². The Bertz CT molecular complexity index is 979. The molecule has 0 aromatic heterocycles. The molecule has 2 rings (SSSR count). The largest absolute Gasteiger partial charge is 0.467 e. The molecule has 31 heavy (non-hydrogen) atoms. The summed E-state index contributed by atoms with van der Waals surface area (Å²) in [7, 11) is 1.14. The predicted molar refractivity (Wildman–Crippen MR) is 116 cm³/mol. The number of anilines is 1. The zero-order valence-electron chi connectivity index (χ0n) is 16.4. The van der Waals surface area contributed by atoms with Crippen LogP contribution in [-0.4, -0.2) is 49.9 Å². The summed E-state index contributed by atoms with van der Waals surface area (Å²) in [6.07, 6.45) is 0. The monoisotopic (exact) mass is 466 g/mol. The molecule has 2 aromatic rings. The molecule has 11 heteroatoms. The number of esters is 1. The zero-order valence-corrected chi connectivity index (χ0v) is 17.9. The van der Waals surface area contributed by atoms with Crippen LogP contribution in [0.3, 0.4) is 0 Å². The standard InChI is InChI=1S/C20H20Cl2N4O5/c1-31-20(30)15(26-19(29)17-13(21)6-3-7-14(17)22)9-24-16(27)10-25-18(28)11-4-2-5-12(23)8-11/h2-8,15H,9-10,23H2,1H3,(H,24,27)(H,25,28)(H,26,29)/t15-/m0/s1. The molecule has 0 spiro atoms. The third-order valence-corrected chi connectivity index (χ3v) is 4.67. The Kier molecular flexibility index (Phi) is 8.65. The summed E-state index contributed by atoms with van der Waals surface area (Å²) in [5.41, 5.74) is 6.31. The average molecular weight is 467 g/mol. The van der Waals surface area contributed by atoms with E-state index >= 15 is 0 Å². The molecule has 164 valence electrons. The summed E-state index contributed by atoms with van der Waals surface area (Å²) in [5, 5.41) is 7.49. The van der Waals surface area contributed by atoms with Gasteiger partial charge in [-0.05, 0) is 30.3 Å². The fourth-order valence-electron chi connectivity index (χ4n) is 2.50. The van der Waals surface area contributed by atoms with E-state index in [1.54, 1.807) is 24.3 Å². The number of rotatable bonds is 8. The van der Waals surface area contributed by atoms with Crippen molar-refractivity contribution in [3.05, 3.63) is 63.6 Å². The molecule has 2 aromatic carbocycles. The smallest absolute Gasteiger partial charge is 0.330 e. The molecule has 0 aliphatic rings. The van der Waals surface area contributed by atoms with E-state index in [1.807, 2.05) is 0 Å². The van der Waals surface area contributed by atoms with Gasteiger partial charge in [0.1, 0.15) is 6.04 Å². The topological polar surface area (TPSA) is 140 Å². The molecule has 5 N–H and O–H groups in total. The lowest BCUT2D eigenvalue weighted by atomic mass is 10.2. The second kappa shape index (κ2) is 11.2. The van der Waals surface area contributed by atoms with E-state index in [0.717, 1.165) is 7.11 Å². The quantitative estimate of drug-likeness (QED) is 0.342. The summed E-state index contributed by atoms with van der Waals surface area (Å²) in [5.74, 6) is -2.58. The molecule has 9 nitrogen and oxygen atoms in total. The number of nitrogens with two attached hydrogens (primary N) is 1. The zero-order chi connectivity index (χ0) is 23.0. The number of methoxy groups -OCH3 is 1. The van der Waals surface area contributed by atoms with Crippen LogP contribution in [0.15, 0.2) is 42.5 Å². The van der Waals surface area contributed by atoms with Crippen LogP contribution in [-0.2, 0) is 14.3 Å². The Morgan fingerprint density at radius 2 is 1.65 bits per heavy atom. The van der Waals surface area contributed by atoms with E-state index in [0.29, 0.717) is 11.3 Å². The van der Waals surface area contributed by atoms with Gasteiger partial charge < -0.3 is 26.4 Å². The molecule has 0 fully saturated rings. The third-order valence-electron chi connectivity index (χ3n) is 4.04. The van der Waals surface area contributed by atoms with Crippen LogP contribution in [0.1, 0.15) is 20.7 Å². The van der Waals surface area contributed by atoms with Crippen molar-refractivity contribution in [2.75, 3.05) is 25.9 Å². The van der Waals surface area contributed by atoms with E-state index in [4.69, 9.17) is 28.9 Å². The maximum atomic E-state index is 12.5. The fraction of sp³-hybridized carbons (Fsp3) is 0.200. The molecule has 1 atom stereocenters. The van der Waals surface area contributed by atoms with E-state index in [-0.39, 0.29) is 28.7 Å². The number of amides is 3. The van der Waals surface area contributed by atoms with E-state index in [9.17, 15) is 19.2 Å². The molecule has 0 aliphatic heterocycles. The van der Waals surface area contributed by atoms with Gasteiger partial charge in [-0.25, -0.2) is 4.79 Å². The maximum absolute atomic E-state index is 12.5. The second-order valence-corrected chi connectivity index (χ2v) is 7.07. The summed E-state index contributed by atoms with van der Waals surface area (Å²) >= 11 is 12.0. The van der Waals surface area contributed by atoms with Crippen LogP contribution in [0.5, 0.6) is 0 Å². The number of nitrogens with one attached hydrogen (secondary N) is 3. The summed E-state index contributed by atoms with van der Waals surface area (Å²) in [6.45, 7) is -0.640. The lowest BCUT2D eigenvalue weighted by Gasteiger charge is -2.18. The summed E-state index contributed by atoms with van der Waals surface area (Å²) in [6, 6.07) is 9.55. The first-order valence-corrected chi connectivity index (χ1v) is 9.71. The number of halogens is 2. The van der Waals surface area contributed by atoms with Gasteiger partial charge in [0.15, 0.2) is 0 Å². The SMILES string of the molecule is COC(=O)[C@H](CNC(=O)CNC(=O)c1cccc(N)c1)NC(=O)c1c(Cl)cccc1Cl. The van der Waals surface area contributed by atoms with Gasteiger partial charge >= 0.3 is 5.97 Å². The normalized spacial score (nSPS) is 11.2. The highest BCUT2D eigenvalue weighted by atomic mass is 35.5. The van der Waals surface area contributed by atoms with Crippen LogP contribution in [0.2, 0.25) is 10.0 Å². The minimum absolute atomic E-state index is 0.0135. The number of hydrogen-bond donors (Lipinski definition) is 4. The first kappa shape index (κ1) is 24.0. The molecular formula is C20H20Cl2N4O5. The molecule has 0 radical (unpaired) electrons. The van der Waals surface area contributed by atoms with Gasteiger partial charge in [0.05, 0.1) is 29.3 Å². The molecule has 0 unspecified atom stereocenters. The number of ether oxygens (including phenoxy) is 1. The predicted octanol–water partition coefficient (Wildman–Crippen LogP) is 1.39. The highest BCUT2D eigenvalue weighted by Gasteiger charge is 2.25. The molecule has 0 saturated heterocycles. The number of carbonyl (C=O) groups is 4. The molecular weight excluding hydrogens is 447 g/mol. The molecule has 0 aliphatic carbocycles. The summed E-state index contributed by atoms with van der Waals surface area (Å²) in [4.78, 5) is 48.6. The van der Waals surface area contributed by atoms with Crippen LogP contribution in [0.25, 0.3) is 0 Å². The van der Waals surface area contributed by atoms with Crippen LogP contribution >= 0.6 is 23.2 Å². The first-order chi connectivity index (χ1) is 14.7. The minimum Gasteiger partial charge on any atom is -0.467 e. The Labute approximate surface area is 188 Å². The van der Waals surface area contributed by atoms with Crippen molar-refractivity contribution in [1.82, 2.24) is 16.0 Å². The van der Waals surface area contributed by atoms with Gasteiger partial charge in [-0.15, -0.1) is 0 Å². The van der Waals surface area contributed by atoms with E-state index in [1.165, 1.54) is 18.2 Å². The van der Waals surface area contributed by atoms with Gasteiger partial charge in [-0.1, -0.05) is 35.3 Å². The maximum Gasteiger partial charge on any atom is 0.330 e. The summed E-state index contributed by atoms with van der Waals surface area (Å²) < 4.78 is 4.66. The van der Waals surface area contributed by atoms with Gasteiger partial charge in [-0.3, -0.25) is 14.4 Å². The number of benzene rings is 2. The van der Waals surface area contributed by atoms with Crippen molar-refractivity contribution >= 4 is 52.6 Å². The van der Waals surface area contributed by atoms with Gasteiger partial charge in [-0.2, -0.15) is 0 Å². The molecule has 0 bridgehead atoms. The highest BCUT2D eigenvalue weighted by Crippen LogP contribution is 2.24. The van der Waals surface area contributed by atoms with Crippen molar-refractivity contribution in [2.24, 2.45) is 0 Å².